The Morgan fingerprint density at radius 3 is 1.76 bits per heavy atom. The molecule has 12 aromatic rings. The summed E-state index contributed by atoms with van der Waals surface area (Å²) < 4.78 is 9.00. The predicted octanol–water partition coefficient (Wildman–Crippen LogP) is 15.8. The van der Waals surface area contributed by atoms with Gasteiger partial charge in [-0.1, -0.05) is 164 Å². The fourth-order valence-corrected chi connectivity index (χ4v) is 9.32. The van der Waals surface area contributed by atoms with Gasteiger partial charge in [-0.15, -0.1) is 0 Å². The molecule has 2 aromatic heterocycles. The first-order valence-electron chi connectivity index (χ1n) is 20.2. The van der Waals surface area contributed by atoms with E-state index in [1.807, 2.05) is 6.07 Å². The molecule has 0 saturated carbocycles. The number of nitrogens with zero attached hydrogens (tertiary/aromatic N) is 2. The largest absolute Gasteiger partial charge is 0.455 e. The smallest absolute Gasteiger partial charge is 0.143 e. The van der Waals surface area contributed by atoms with Crippen LogP contribution in [0.5, 0.6) is 0 Å². The van der Waals surface area contributed by atoms with Crippen LogP contribution >= 0.6 is 0 Å². The second-order valence-corrected chi connectivity index (χ2v) is 15.3. The molecule has 59 heavy (non-hydrogen) atoms. The zero-order chi connectivity index (χ0) is 38.9. The molecular weight excluding hydrogens is 717 g/mol. The van der Waals surface area contributed by atoms with Crippen molar-refractivity contribution in [2.24, 2.45) is 0 Å². The molecule has 276 valence electrons. The SMILES string of the molecule is c1cc(-c2cccc3c2oc2ccccc23)cc(N(c2ccc3ccc4ccccc4c3c2)c2ccccc2-c2ccccc2-n2c3ccccc3c3ccccc32)c1. The second kappa shape index (κ2) is 13.4. The third-order valence-electron chi connectivity index (χ3n) is 12.0. The van der Waals surface area contributed by atoms with E-state index >= 15 is 0 Å². The maximum atomic E-state index is 6.57. The number of para-hydroxylation sites is 6. The van der Waals surface area contributed by atoms with Gasteiger partial charge in [0.15, 0.2) is 0 Å². The Morgan fingerprint density at radius 2 is 0.932 bits per heavy atom. The number of furan rings is 1. The van der Waals surface area contributed by atoms with Crippen LogP contribution in [0.2, 0.25) is 0 Å². The van der Waals surface area contributed by atoms with Gasteiger partial charge in [0.2, 0.25) is 0 Å². The molecule has 3 nitrogen and oxygen atoms in total. The summed E-state index contributed by atoms with van der Waals surface area (Å²) in [6.07, 6.45) is 0. The number of hydrogen-bond donors (Lipinski definition) is 0. The molecule has 0 amide bonds. The second-order valence-electron chi connectivity index (χ2n) is 15.3. The molecule has 0 saturated heterocycles. The van der Waals surface area contributed by atoms with Gasteiger partial charge in [0.1, 0.15) is 11.2 Å². The number of benzene rings is 10. The Bertz CT molecular complexity index is 3540. The van der Waals surface area contributed by atoms with E-state index in [9.17, 15) is 0 Å². The Kier molecular flexibility index (Phi) is 7.54. The normalized spacial score (nSPS) is 11.7. The van der Waals surface area contributed by atoms with Gasteiger partial charge < -0.3 is 13.9 Å². The predicted molar refractivity (Wildman–Crippen MR) is 249 cm³/mol. The van der Waals surface area contributed by atoms with Crippen LogP contribution < -0.4 is 4.90 Å². The molecule has 0 atom stereocenters. The lowest BCUT2D eigenvalue weighted by molar-refractivity contribution is 0.670. The lowest BCUT2D eigenvalue weighted by Crippen LogP contribution is -2.12. The Morgan fingerprint density at radius 1 is 0.356 bits per heavy atom. The van der Waals surface area contributed by atoms with Gasteiger partial charge >= 0.3 is 0 Å². The molecule has 0 N–H and O–H groups in total. The highest BCUT2D eigenvalue weighted by Gasteiger charge is 2.22. The number of fused-ring (bicyclic) bond motifs is 9. The van der Waals surface area contributed by atoms with Crippen LogP contribution in [0.15, 0.2) is 223 Å². The topological polar surface area (TPSA) is 21.3 Å². The summed E-state index contributed by atoms with van der Waals surface area (Å²) in [5.41, 5.74) is 12.9. The average Bonchev–Trinajstić information content (AvgIpc) is 3.85. The molecule has 0 fully saturated rings. The van der Waals surface area contributed by atoms with E-state index < -0.39 is 0 Å². The summed E-state index contributed by atoms with van der Waals surface area (Å²) in [4.78, 5) is 2.43. The molecular formula is C56H36N2O. The zero-order valence-electron chi connectivity index (χ0n) is 32.1. The van der Waals surface area contributed by atoms with Crippen molar-refractivity contribution in [3.63, 3.8) is 0 Å². The molecule has 0 radical (unpaired) electrons. The van der Waals surface area contributed by atoms with E-state index in [4.69, 9.17) is 4.42 Å². The van der Waals surface area contributed by atoms with Crippen LogP contribution in [-0.4, -0.2) is 4.57 Å². The first-order valence-corrected chi connectivity index (χ1v) is 20.2. The third-order valence-corrected chi connectivity index (χ3v) is 12.0. The zero-order valence-corrected chi connectivity index (χ0v) is 32.1. The van der Waals surface area contributed by atoms with Gasteiger partial charge in [0.05, 0.1) is 22.4 Å². The van der Waals surface area contributed by atoms with E-state index in [1.54, 1.807) is 0 Å². The summed E-state index contributed by atoms with van der Waals surface area (Å²) in [5, 5.41) is 9.63. The number of hydrogen-bond acceptors (Lipinski definition) is 2. The van der Waals surface area contributed by atoms with Crippen LogP contribution in [0.25, 0.3) is 93.2 Å². The van der Waals surface area contributed by atoms with Gasteiger partial charge in [-0.05, 0) is 81.7 Å². The molecule has 3 heteroatoms. The van der Waals surface area contributed by atoms with Crippen molar-refractivity contribution in [2.75, 3.05) is 4.90 Å². The Hall–Kier alpha value is -7.88. The molecule has 0 aliphatic rings. The van der Waals surface area contributed by atoms with E-state index in [0.29, 0.717) is 0 Å². The highest BCUT2D eigenvalue weighted by Crippen LogP contribution is 2.46. The van der Waals surface area contributed by atoms with Crippen LogP contribution in [0, 0.1) is 0 Å². The maximum absolute atomic E-state index is 6.57. The Balaban J connectivity index is 1.11. The summed E-state index contributed by atoms with van der Waals surface area (Å²) in [6, 6.07) is 78.8. The molecule has 2 heterocycles. The van der Waals surface area contributed by atoms with Crippen LogP contribution in [0.3, 0.4) is 0 Å². The van der Waals surface area contributed by atoms with E-state index in [2.05, 4.69) is 222 Å². The summed E-state index contributed by atoms with van der Waals surface area (Å²) in [7, 11) is 0. The van der Waals surface area contributed by atoms with Gasteiger partial charge in [-0.3, -0.25) is 0 Å². The van der Waals surface area contributed by atoms with Crippen molar-refractivity contribution < 1.29 is 4.42 Å². The Labute approximate surface area is 341 Å². The highest BCUT2D eigenvalue weighted by atomic mass is 16.3. The molecule has 0 bridgehead atoms. The van der Waals surface area contributed by atoms with Crippen molar-refractivity contribution in [1.29, 1.82) is 0 Å². The summed E-state index contributed by atoms with van der Waals surface area (Å²) in [6.45, 7) is 0. The van der Waals surface area contributed by atoms with Crippen LogP contribution in [0.4, 0.5) is 17.1 Å². The maximum Gasteiger partial charge on any atom is 0.143 e. The molecule has 0 aliphatic heterocycles. The highest BCUT2D eigenvalue weighted by molar-refractivity contribution is 6.12. The monoisotopic (exact) mass is 752 g/mol. The van der Waals surface area contributed by atoms with E-state index in [1.165, 1.54) is 43.4 Å². The first kappa shape index (κ1) is 33.3. The van der Waals surface area contributed by atoms with Crippen molar-refractivity contribution in [3.8, 4) is 27.9 Å². The molecule has 12 rings (SSSR count). The van der Waals surface area contributed by atoms with Gasteiger partial charge in [0.25, 0.3) is 0 Å². The van der Waals surface area contributed by atoms with Crippen molar-refractivity contribution in [2.45, 2.75) is 0 Å². The third kappa shape index (κ3) is 5.29. The van der Waals surface area contributed by atoms with Gasteiger partial charge in [0, 0.05) is 49.6 Å². The van der Waals surface area contributed by atoms with Crippen molar-refractivity contribution in [1.82, 2.24) is 4.57 Å². The fourth-order valence-electron chi connectivity index (χ4n) is 9.32. The fraction of sp³-hybridized carbons (Fsp3) is 0. The number of anilines is 3. The van der Waals surface area contributed by atoms with Crippen LogP contribution in [0.1, 0.15) is 0 Å². The minimum Gasteiger partial charge on any atom is -0.455 e. The molecule has 0 aliphatic carbocycles. The van der Waals surface area contributed by atoms with E-state index in [-0.39, 0.29) is 0 Å². The van der Waals surface area contributed by atoms with Crippen molar-refractivity contribution >= 4 is 82.4 Å². The lowest BCUT2D eigenvalue weighted by atomic mass is 9.97. The quantitative estimate of drug-likeness (QED) is 0.158. The molecule has 10 aromatic carbocycles. The summed E-state index contributed by atoms with van der Waals surface area (Å²) in [5.74, 6) is 0. The number of rotatable bonds is 6. The number of aromatic nitrogens is 1. The van der Waals surface area contributed by atoms with Crippen molar-refractivity contribution in [3.05, 3.63) is 218 Å². The average molecular weight is 753 g/mol. The molecule has 0 spiro atoms. The minimum absolute atomic E-state index is 0.895. The summed E-state index contributed by atoms with van der Waals surface area (Å²) >= 11 is 0. The van der Waals surface area contributed by atoms with Crippen LogP contribution in [-0.2, 0) is 0 Å². The lowest BCUT2D eigenvalue weighted by Gasteiger charge is -2.29. The minimum atomic E-state index is 0.895. The first-order chi connectivity index (χ1) is 29.3. The standard InChI is InChI=1S/C56H36N2O/c1-2-18-42-37(15-1)31-32-38-33-34-41(36-50(38)42)57(40-17-13-16-39(35-40)43-24-14-25-49-48-23-7-12-30-55(48)59-56(43)49)51-26-8-3-19-44(51)45-20-4-9-27-52(45)58-53-28-10-5-21-46(53)47-22-6-11-29-54(47)58/h1-36H. The van der Waals surface area contributed by atoms with Gasteiger partial charge in [-0.25, -0.2) is 0 Å². The van der Waals surface area contributed by atoms with E-state index in [0.717, 1.165) is 66.9 Å². The molecule has 0 unspecified atom stereocenters. The van der Waals surface area contributed by atoms with Gasteiger partial charge in [-0.2, -0.15) is 0 Å².